The molecule has 2 aromatic rings. The van der Waals surface area contributed by atoms with E-state index in [1.165, 1.54) is 24.1 Å². The van der Waals surface area contributed by atoms with E-state index < -0.39 is 0 Å². The molecule has 2 aromatic carbocycles. The van der Waals surface area contributed by atoms with E-state index in [9.17, 15) is 5.11 Å². The summed E-state index contributed by atoms with van der Waals surface area (Å²) in [6, 6.07) is 16.1. The third-order valence-corrected chi connectivity index (χ3v) is 4.89. The highest BCUT2D eigenvalue weighted by atomic mass is 127. The van der Waals surface area contributed by atoms with E-state index in [1.807, 2.05) is 12.1 Å². The van der Waals surface area contributed by atoms with Gasteiger partial charge in [-0.15, -0.1) is 24.0 Å². The Hall–Kier alpha value is -1.96. The van der Waals surface area contributed by atoms with Crippen molar-refractivity contribution in [3.63, 3.8) is 0 Å². The molecule has 0 aliphatic carbocycles. The van der Waals surface area contributed by atoms with Gasteiger partial charge < -0.3 is 20.6 Å². The minimum Gasteiger partial charge on any atom is -0.508 e. The van der Waals surface area contributed by atoms with Gasteiger partial charge in [0.05, 0.1) is 12.6 Å². The van der Waals surface area contributed by atoms with E-state index in [1.54, 1.807) is 12.1 Å². The van der Waals surface area contributed by atoms with Gasteiger partial charge in [-0.2, -0.15) is 0 Å². The van der Waals surface area contributed by atoms with Crippen LogP contribution in [0, 0.1) is 0 Å². The van der Waals surface area contributed by atoms with Crippen molar-refractivity contribution in [3.8, 4) is 5.75 Å². The molecular weight excluding hydrogens is 463 g/mol. The second-order valence-electron chi connectivity index (χ2n) is 7.02. The van der Waals surface area contributed by atoms with Gasteiger partial charge in [0.25, 0.3) is 0 Å². The summed E-state index contributed by atoms with van der Waals surface area (Å²) >= 11 is 0. The van der Waals surface area contributed by atoms with Crippen LogP contribution in [0.3, 0.4) is 0 Å². The average molecular weight is 494 g/mol. The first kappa shape index (κ1) is 22.3. The summed E-state index contributed by atoms with van der Waals surface area (Å²) in [5, 5.41) is 16.2. The van der Waals surface area contributed by atoms with E-state index in [2.05, 4.69) is 58.6 Å². The summed E-state index contributed by atoms with van der Waals surface area (Å²) in [7, 11) is 0. The minimum atomic E-state index is 0. The van der Waals surface area contributed by atoms with Crippen molar-refractivity contribution in [3.05, 3.63) is 59.7 Å². The molecule has 1 fully saturated rings. The molecular formula is C22H31IN4O. The van der Waals surface area contributed by atoms with Gasteiger partial charge in [-0.3, -0.25) is 0 Å². The van der Waals surface area contributed by atoms with Crippen LogP contribution in [-0.4, -0.2) is 30.7 Å². The third kappa shape index (κ3) is 6.29. The first-order valence-corrected chi connectivity index (χ1v) is 9.83. The van der Waals surface area contributed by atoms with Gasteiger partial charge in [-0.1, -0.05) is 24.3 Å². The van der Waals surface area contributed by atoms with Crippen molar-refractivity contribution >= 4 is 35.6 Å². The topological polar surface area (TPSA) is 59.9 Å². The lowest BCUT2D eigenvalue weighted by Crippen LogP contribution is -2.38. The number of nitrogens with zero attached hydrogens (tertiary/aromatic N) is 2. The molecule has 28 heavy (non-hydrogen) atoms. The number of hydrogen-bond acceptors (Lipinski definition) is 3. The largest absolute Gasteiger partial charge is 0.508 e. The zero-order chi connectivity index (χ0) is 19.1. The van der Waals surface area contributed by atoms with Crippen LogP contribution in [0.5, 0.6) is 5.75 Å². The van der Waals surface area contributed by atoms with E-state index in [-0.39, 0.29) is 35.8 Å². The molecule has 3 rings (SSSR count). The van der Waals surface area contributed by atoms with E-state index in [4.69, 9.17) is 0 Å². The van der Waals surface area contributed by atoms with Crippen molar-refractivity contribution in [2.24, 2.45) is 4.99 Å². The fraction of sp³-hybridized carbons (Fsp3) is 0.409. The molecule has 6 heteroatoms. The van der Waals surface area contributed by atoms with Crippen LogP contribution in [0.2, 0.25) is 0 Å². The van der Waals surface area contributed by atoms with Gasteiger partial charge in [0.2, 0.25) is 0 Å². The number of rotatable bonds is 6. The monoisotopic (exact) mass is 494 g/mol. The molecule has 0 saturated carbocycles. The molecule has 0 amide bonds. The van der Waals surface area contributed by atoms with Crippen molar-refractivity contribution in [2.75, 3.05) is 24.5 Å². The Balaban J connectivity index is 0.00000280. The van der Waals surface area contributed by atoms with Crippen LogP contribution in [0.1, 0.15) is 43.9 Å². The standard InChI is InChI=1S/C22H30N4O.HI/c1-3-23-22(24-16-18-9-11-21(27)12-10-18)25-17(2)19-7-6-8-20(15-19)26-13-4-5-14-26;/h6-12,15,17,27H,3-5,13-14,16H2,1-2H3,(H2,23,24,25);1H. The molecule has 0 bridgehead atoms. The zero-order valence-electron chi connectivity index (χ0n) is 16.7. The molecule has 1 aliphatic heterocycles. The van der Waals surface area contributed by atoms with Crippen molar-refractivity contribution in [1.29, 1.82) is 0 Å². The predicted molar refractivity (Wildman–Crippen MR) is 128 cm³/mol. The second-order valence-corrected chi connectivity index (χ2v) is 7.02. The van der Waals surface area contributed by atoms with Gasteiger partial charge in [-0.05, 0) is 62.1 Å². The van der Waals surface area contributed by atoms with Crippen LogP contribution in [-0.2, 0) is 6.54 Å². The van der Waals surface area contributed by atoms with Crippen LogP contribution in [0.4, 0.5) is 5.69 Å². The van der Waals surface area contributed by atoms with Gasteiger partial charge in [0.1, 0.15) is 5.75 Å². The van der Waals surface area contributed by atoms with Crippen LogP contribution in [0.15, 0.2) is 53.5 Å². The number of benzene rings is 2. The van der Waals surface area contributed by atoms with Crippen LogP contribution >= 0.6 is 24.0 Å². The second kappa shape index (κ2) is 11.1. The molecule has 1 saturated heterocycles. The van der Waals surface area contributed by atoms with Crippen molar-refractivity contribution < 1.29 is 5.11 Å². The lowest BCUT2D eigenvalue weighted by atomic mass is 10.1. The maximum atomic E-state index is 9.40. The average Bonchev–Trinajstić information content (AvgIpc) is 3.22. The number of phenols is 1. The third-order valence-electron chi connectivity index (χ3n) is 4.89. The Labute approximate surface area is 185 Å². The number of aromatic hydroxyl groups is 1. The lowest BCUT2D eigenvalue weighted by Gasteiger charge is -2.22. The maximum absolute atomic E-state index is 9.40. The number of halogens is 1. The van der Waals surface area contributed by atoms with Crippen LogP contribution < -0.4 is 15.5 Å². The van der Waals surface area contributed by atoms with Crippen molar-refractivity contribution in [2.45, 2.75) is 39.3 Å². The molecule has 1 aliphatic rings. The van der Waals surface area contributed by atoms with Gasteiger partial charge in [-0.25, -0.2) is 4.99 Å². The number of phenolic OH excluding ortho intramolecular Hbond substituents is 1. The molecule has 0 spiro atoms. The summed E-state index contributed by atoms with van der Waals surface area (Å²) in [5.74, 6) is 1.07. The van der Waals surface area contributed by atoms with Gasteiger partial charge >= 0.3 is 0 Å². The summed E-state index contributed by atoms with van der Waals surface area (Å²) in [5.41, 5.74) is 3.63. The smallest absolute Gasteiger partial charge is 0.192 e. The molecule has 0 radical (unpaired) electrons. The Morgan fingerprint density at radius 3 is 2.54 bits per heavy atom. The highest BCUT2D eigenvalue weighted by Gasteiger charge is 2.14. The van der Waals surface area contributed by atoms with E-state index >= 15 is 0 Å². The molecule has 0 aromatic heterocycles. The molecule has 1 unspecified atom stereocenters. The fourth-order valence-electron chi connectivity index (χ4n) is 3.35. The lowest BCUT2D eigenvalue weighted by molar-refractivity contribution is 0.475. The normalized spacial score (nSPS) is 15.1. The number of hydrogen-bond donors (Lipinski definition) is 3. The predicted octanol–water partition coefficient (Wildman–Crippen LogP) is 4.43. The van der Waals surface area contributed by atoms with Gasteiger partial charge in [0.15, 0.2) is 5.96 Å². The Kier molecular flexibility index (Phi) is 8.89. The molecule has 1 heterocycles. The van der Waals surface area contributed by atoms with E-state index in [0.717, 1.165) is 31.2 Å². The molecule has 5 nitrogen and oxygen atoms in total. The maximum Gasteiger partial charge on any atom is 0.192 e. The minimum absolute atomic E-state index is 0. The number of guanidine groups is 1. The Morgan fingerprint density at radius 2 is 1.86 bits per heavy atom. The number of aliphatic imine (C=N–C) groups is 1. The molecule has 3 N–H and O–H groups in total. The van der Waals surface area contributed by atoms with E-state index in [0.29, 0.717) is 6.54 Å². The Bertz CT molecular complexity index is 757. The van der Waals surface area contributed by atoms with Gasteiger partial charge in [0, 0.05) is 25.3 Å². The summed E-state index contributed by atoms with van der Waals surface area (Å²) in [6.45, 7) is 7.91. The molecule has 1 atom stereocenters. The highest BCUT2D eigenvalue weighted by molar-refractivity contribution is 14.0. The summed E-state index contributed by atoms with van der Waals surface area (Å²) in [4.78, 5) is 7.14. The first-order valence-electron chi connectivity index (χ1n) is 9.83. The fourth-order valence-corrected chi connectivity index (χ4v) is 3.35. The zero-order valence-corrected chi connectivity index (χ0v) is 19.0. The molecule has 152 valence electrons. The van der Waals surface area contributed by atoms with Crippen LogP contribution in [0.25, 0.3) is 0 Å². The first-order chi connectivity index (χ1) is 13.2. The highest BCUT2D eigenvalue weighted by Crippen LogP contribution is 2.24. The SMILES string of the molecule is CCNC(=NCc1ccc(O)cc1)NC(C)c1cccc(N2CCCC2)c1.I. The quantitative estimate of drug-likeness (QED) is 0.316. The number of anilines is 1. The summed E-state index contributed by atoms with van der Waals surface area (Å²) in [6.07, 6.45) is 2.57. The summed E-state index contributed by atoms with van der Waals surface area (Å²) < 4.78 is 0. The van der Waals surface area contributed by atoms with Crippen molar-refractivity contribution in [1.82, 2.24) is 10.6 Å². The Morgan fingerprint density at radius 1 is 1.14 bits per heavy atom. The number of nitrogens with one attached hydrogen (secondary N) is 2.